The zero-order valence-electron chi connectivity index (χ0n) is 9.31. The molecule has 1 unspecified atom stereocenters. The van der Waals surface area contributed by atoms with Crippen LogP contribution in [0, 0.1) is 5.92 Å². The van der Waals surface area contributed by atoms with Crippen molar-refractivity contribution in [1.82, 2.24) is 0 Å². The van der Waals surface area contributed by atoms with Gasteiger partial charge in [0.25, 0.3) is 0 Å². The third-order valence-electron chi connectivity index (χ3n) is 2.93. The largest absolute Gasteiger partial charge is 0.386 e. The summed E-state index contributed by atoms with van der Waals surface area (Å²) in [5.41, 5.74) is 1.97. The van der Waals surface area contributed by atoms with Crippen molar-refractivity contribution in [2.24, 2.45) is 5.92 Å². The number of hydrogen-bond acceptors (Lipinski definition) is 3. The fourth-order valence-corrected chi connectivity index (χ4v) is 2.30. The molecule has 1 N–H and O–H groups in total. The number of carbonyl (C=O) groups excluding carboxylic acids is 1. The van der Waals surface area contributed by atoms with Gasteiger partial charge in [-0.2, -0.15) is 12.6 Å². The average Bonchev–Trinajstić information content (AvgIpc) is 2.70. The molecule has 0 aliphatic carbocycles. The fraction of sp³-hybridized carbons (Fsp3) is 0.417. The Balaban J connectivity index is 2.27. The highest BCUT2D eigenvalue weighted by atomic mass is 32.1. The van der Waals surface area contributed by atoms with Gasteiger partial charge in [-0.05, 0) is 23.8 Å². The second-order valence-corrected chi connectivity index (χ2v) is 4.39. The van der Waals surface area contributed by atoms with Crippen molar-refractivity contribution >= 4 is 29.9 Å². The van der Waals surface area contributed by atoms with E-state index in [1.165, 1.54) is 0 Å². The molecule has 0 bridgehead atoms. The van der Waals surface area contributed by atoms with Crippen LogP contribution in [0.25, 0.3) is 0 Å². The normalized spacial score (nSPS) is 20.2. The lowest BCUT2D eigenvalue weighted by molar-refractivity contribution is -0.117. The Labute approximate surface area is 101 Å². The van der Waals surface area contributed by atoms with E-state index >= 15 is 0 Å². The summed E-state index contributed by atoms with van der Waals surface area (Å²) < 4.78 is 0. The number of anilines is 2. The van der Waals surface area contributed by atoms with Crippen LogP contribution in [0.4, 0.5) is 11.4 Å². The Morgan fingerprint density at radius 2 is 2.25 bits per heavy atom. The zero-order chi connectivity index (χ0) is 11.5. The van der Waals surface area contributed by atoms with Gasteiger partial charge in [0.15, 0.2) is 0 Å². The van der Waals surface area contributed by atoms with Crippen LogP contribution in [-0.2, 0) is 4.79 Å². The van der Waals surface area contributed by atoms with Crippen LogP contribution in [0.15, 0.2) is 24.3 Å². The molecule has 1 aliphatic heterocycles. The van der Waals surface area contributed by atoms with Gasteiger partial charge in [-0.1, -0.05) is 12.1 Å². The Morgan fingerprint density at radius 1 is 1.50 bits per heavy atom. The van der Waals surface area contributed by atoms with Gasteiger partial charge in [0.1, 0.15) is 0 Å². The molecule has 1 atom stereocenters. The summed E-state index contributed by atoms with van der Waals surface area (Å²) >= 11 is 4.26. The number of rotatable bonds is 3. The summed E-state index contributed by atoms with van der Waals surface area (Å²) in [5, 5.41) is 3.11. The van der Waals surface area contributed by atoms with E-state index in [0.717, 1.165) is 23.7 Å². The molecule has 0 radical (unpaired) electrons. The zero-order valence-corrected chi connectivity index (χ0v) is 10.2. The van der Waals surface area contributed by atoms with Gasteiger partial charge in [0.05, 0.1) is 11.4 Å². The molecule has 1 aliphatic rings. The number of carbonyl (C=O) groups is 1. The number of amides is 1. The molecule has 2 rings (SSSR count). The Kier molecular flexibility index (Phi) is 3.39. The maximum absolute atomic E-state index is 11.9. The molecule has 4 heteroatoms. The number of benzene rings is 1. The molecule has 0 aromatic heterocycles. The van der Waals surface area contributed by atoms with Crippen LogP contribution < -0.4 is 10.2 Å². The minimum atomic E-state index is 0.196. The van der Waals surface area contributed by atoms with Gasteiger partial charge in [0, 0.05) is 20.0 Å². The maximum atomic E-state index is 11.9. The minimum Gasteiger partial charge on any atom is -0.386 e. The minimum absolute atomic E-state index is 0.196. The molecule has 1 amide bonds. The quantitative estimate of drug-likeness (QED) is 0.787. The SMILES string of the molecule is CNc1ccccc1N1CC(CS)CC1=O. The molecule has 1 fully saturated rings. The Bertz CT molecular complexity index is 394. The molecule has 86 valence electrons. The van der Waals surface area contributed by atoms with Crippen molar-refractivity contribution in [3.05, 3.63) is 24.3 Å². The number of nitrogens with one attached hydrogen (secondary N) is 1. The first-order valence-corrected chi connectivity index (χ1v) is 6.07. The van der Waals surface area contributed by atoms with E-state index in [0.29, 0.717) is 12.3 Å². The van der Waals surface area contributed by atoms with Gasteiger partial charge >= 0.3 is 0 Å². The number of thiol groups is 1. The predicted octanol–water partition coefficient (Wildman–Crippen LogP) is 2.01. The molecule has 0 saturated carbocycles. The molecule has 3 nitrogen and oxygen atoms in total. The molecular formula is C12H16N2OS. The van der Waals surface area contributed by atoms with E-state index in [4.69, 9.17) is 0 Å². The second kappa shape index (κ2) is 4.78. The molecule has 1 aromatic rings. The van der Waals surface area contributed by atoms with Crippen LogP contribution in [0.5, 0.6) is 0 Å². The highest BCUT2D eigenvalue weighted by molar-refractivity contribution is 7.80. The van der Waals surface area contributed by atoms with Crippen molar-refractivity contribution in [2.45, 2.75) is 6.42 Å². The van der Waals surface area contributed by atoms with Crippen molar-refractivity contribution in [1.29, 1.82) is 0 Å². The van der Waals surface area contributed by atoms with Crippen LogP contribution >= 0.6 is 12.6 Å². The lowest BCUT2D eigenvalue weighted by Gasteiger charge is -2.19. The Morgan fingerprint density at radius 3 is 2.88 bits per heavy atom. The van der Waals surface area contributed by atoms with Crippen LogP contribution in [0.3, 0.4) is 0 Å². The summed E-state index contributed by atoms with van der Waals surface area (Å²) in [6.07, 6.45) is 0.613. The number of nitrogens with zero attached hydrogens (tertiary/aromatic N) is 1. The number of para-hydroxylation sites is 2. The van der Waals surface area contributed by atoms with E-state index in [1.54, 1.807) is 0 Å². The summed E-state index contributed by atoms with van der Waals surface area (Å²) in [5.74, 6) is 1.34. The predicted molar refractivity (Wildman–Crippen MR) is 70.3 cm³/mol. The second-order valence-electron chi connectivity index (χ2n) is 4.02. The summed E-state index contributed by atoms with van der Waals surface area (Å²) in [6.45, 7) is 0.779. The molecule has 1 heterocycles. The third kappa shape index (κ3) is 2.02. The van der Waals surface area contributed by atoms with Crippen molar-refractivity contribution in [3.63, 3.8) is 0 Å². The van der Waals surface area contributed by atoms with Crippen molar-refractivity contribution in [3.8, 4) is 0 Å². The van der Waals surface area contributed by atoms with Gasteiger partial charge in [-0.15, -0.1) is 0 Å². The Hall–Kier alpha value is -1.16. The first kappa shape index (κ1) is 11.3. The van der Waals surface area contributed by atoms with Crippen LogP contribution in [0.1, 0.15) is 6.42 Å². The molecule has 16 heavy (non-hydrogen) atoms. The van der Waals surface area contributed by atoms with Gasteiger partial charge in [-0.25, -0.2) is 0 Å². The van der Waals surface area contributed by atoms with Gasteiger partial charge < -0.3 is 10.2 Å². The van der Waals surface area contributed by atoms with E-state index in [2.05, 4.69) is 17.9 Å². The smallest absolute Gasteiger partial charge is 0.227 e. The van der Waals surface area contributed by atoms with E-state index < -0.39 is 0 Å². The van der Waals surface area contributed by atoms with E-state index in [-0.39, 0.29) is 5.91 Å². The number of hydrogen-bond donors (Lipinski definition) is 2. The maximum Gasteiger partial charge on any atom is 0.227 e. The van der Waals surface area contributed by atoms with Crippen LogP contribution in [0.2, 0.25) is 0 Å². The van der Waals surface area contributed by atoms with Crippen molar-refractivity contribution in [2.75, 3.05) is 29.6 Å². The fourth-order valence-electron chi connectivity index (χ4n) is 2.06. The lowest BCUT2D eigenvalue weighted by atomic mass is 10.1. The first-order valence-electron chi connectivity index (χ1n) is 5.44. The third-order valence-corrected chi connectivity index (χ3v) is 3.44. The van der Waals surface area contributed by atoms with E-state index in [1.807, 2.05) is 36.2 Å². The van der Waals surface area contributed by atoms with E-state index in [9.17, 15) is 4.79 Å². The molecule has 1 aromatic carbocycles. The molecule has 0 spiro atoms. The molecular weight excluding hydrogens is 220 g/mol. The summed E-state index contributed by atoms with van der Waals surface area (Å²) in [4.78, 5) is 13.7. The highest BCUT2D eigenvalue weighted by Crippen LogP contribution is 2.31. The van der Waals surface area contributed by atoms with Crippen LogP contribution in [-0.4, -0.2) is 25.3 Å². The highest BCUT2D eigenvalue weighted by Gasteiger charge is 2.30. The molecule has 1 saturated heterocycles. The summed E-state index contributed by atoms with van der Waals surface area (Å²) in [6, 6.07) is 7.88. The topological polar surface area (TPSA) is 32.3 Å². The first-order chi connectivity index (χ1) is 7.76. The monoisotopic (exact) mass is 236 g/mol. The van der Waals surface area contributed by atoms with Gasteiger partial charge in [-0.3, -0.25) is 4.79 Å². The van der Waals surface area contributed by atoms with Crippen molar-refractivity contribution < 1.29 is 4.79 Å². The van der Waals surface area contributed by atoms with Gasteiger partial charge in [0.2, 0.25) is 5.91 Å². The lowest BCUT2D eigenvalue weighted by Crippen LogP contribution is -2.25. The standard InChI is InChI=1S/C12H16N2OS/c1-13-10-4-2-3-5-11(10)14-7-9(8-16)6-12(14)15/h2-5,9,13,16H,6-8H2,1H3. The summed E-state index contributed by atoms with van der Waals surface area (Å²) in [7, 11) is 1.87. The average molecular weight is 236 g/mol.